The fourth-order valence-corrected chi connectivity index (χ4v) is 1.45. The average Bonchev–Trinajstić information content (AvgIpc) is 2.35. The molecule has 0 aliphatic carbocycles. The molecule has 5 nitrogen and oxygen atoms in total. The van der Waals surface area contributed by atoms with Gasteiger partial charge in [-0.15, -0.1) is 0 Å². The second-order valence-corrected chi connectivity index (χ2v) is 3.83. The van der Waals surface area contributed by atoms with Crippen LogP contribution in [-0.2, 0) is 6.42 Å². The van der Waals surface area contributed by atoms with Crippen molar-refractivity contribution in [1.82, 2.24) is 5.32 Å². The van der Waals surface area contributed by atoms with Crippen molar-refractivity contribution in [3.63, 3.8) is 0 Å². The molecule has 0 aliphatic heterocycles. The van der Waals surface area contributed by atoms with Gasteiger partial charge in [-0.2, -0.15) is 0 Å². The molecule has 0 amide bonds. The maximum atomic E-state index is 12.7. The lowest BCUT2D eigenvalue weighted by atomic mass is 10.1. The van der Waals surface area contributed by atoms with E-state index in [1.165, 1.54) is 6.07 Å². The Kier molecular flexibility index (Phi) is 5.11. The molecule has 7 heteroatoms. The first kappa shape index (κ1) is 14.5. The predicted molar refractivity (Wildman–Crippen MR) is 61.7 cm³/mol. The number of nitrogens with zero attached hydrogens (tertiary/aromatic N) is 1. The van der Waals surface area contributed by atoms with Crippen LogP contribution in [0.15, 0.2) is 24.3 Å². The summed E-state index contributed by atoms with van der Waals surface area (Å²) in [7, 11) is 0. The maximum absolute atomic E-state index is 12.7. The summed E-state index contributed by atoms with van der Waals surface area (Å²) in [6.45, 7) is -1.68. The number of rotatable bonds is 7. The highest BCUT2D eigenvalue weighted by Crippen LogP contribution is 2.17. The fourth-order valence-electron chi connectivity index (χ4n) is 1.45. The molecular weight excluding hydrogens is 246 g/mol. The first-order valence-corrected chi connectivity index (χ1v) is 5.38. The highest BCUT2D eigenvalue weighted by molar-refractivity contribution is 5.39. The molecule has 1 aromatic carbocycles. The van der Waals surface area contributed by atoms with E-state index in [2.05, 4.69) is 5.32 Å². The standard InChI is InChI=1S/C11H14F2N2O3/c12-11(13,8-16)7-14-6-5-9-3-1-2-4-10(9)15(17)18/h1-4,14,16H,5-8H2. The van der Waals surface area contributed by atoms with Crippen LogP contribution in [-0.4, -0.2) is 35.6 Å². The van der Waals surface area contributed by atoms with E-state index in [-0.39, 0.29) is 18.7 Å². The van der Waals surface area contributed by atoms with Crippen molar-refractivity contribution in [2.45, 2.75) is 12.3 Å². The van der Waals surface area contributed by atoms with Crippen LogP contribution in [0.5, 0.6) is 0 Å². The molecule has 0 aliphatic rings. The number of alkyl halides is 2. The lowest BCUT2D eigenvalue weighted by Gasteiger charge is -2.13. The molecule has 0 atom stereocenters. The fraction of sp³-hybridized carbons (Fsp3) is 0.455. The number of para-hydroxylation sites is 1. The van der Waals surface area contributed by atoms with E-state index in [0.717, 1.165) is 0 Å². The average molecular weight is 260 g/mol. The lowest BCUT2D eigenvalue weighted by molar-refractivity contribution is -0.385. The van der Waals surface area contributed by atoms with Crippen LogP contribution in [0.4, 0.5) is 14.5 Å². The number of nitro groups is 1. The molecule has 0 unspecified atom stereocenters. The third-order valence-corrected chi connectivity index (χ3v) is 2.37. The molecule has 0 saturated carbocycles. The topological polar surface area (TPSA) is 75.4 Å². The summed E-state index contributed by atoms with van der Waals surface area (Å²) in [5.41, 5.74) is 0.468. The lowest BCUT2D eigenvalue weighted by Crippen LogP contribution is -2.36. The van der Waals surface area contributed by atoms with E-state index < -0.39 is 24.0 Å². The second kappa shape index (κ2) is 6.36. The number of benzene rings is 1. The smallest absolute Gasteiger partial charge is 0.282 e. The van der Waals surface area contributed by atoms with E-state index in [4.69, 9.17) is 5.11 Å². The molecule has 0 saturated heterocycles. The number of hydrogen-bond acceptors (Lipinski definition) is 4. The van der Waals surface area contributed by atoms with Crippen molar-refractivity contribution in [3.8, 4) is 0 Å². The van der Waals surface area contributed by atoms with Gasteiger partial charge in [0, 0.05) is 11.6 Å². The van der Waals surface area contributed by atoms with Crippen molar-refractivity contribution in [2.75, 3.05) is 19.7 Å². The van der Waals surface area contributed by atoms with Gasteiger partial charge in [0.15, 0.2) is 0 Å². The first-order valence-electron chi connectivity index (χ1n) is 5.38. The van der Waals surface area contributed by atoms with Crippen LogP contribution in [0.25, 0.3) is 0 Å². The van der Waals surface area contributed by atoms with E-state index in [1.54, 1.807) is 18.2 Å². The number of halogens is 2. The molecule has 0 bridgehead atoms. The minimum atomic E-state index is -3.16. The maximum Gasteiger partial charge on any atom is 0.282 e. The largest absolute Gasteiger partial charge is 0.390 e. The zero-order valence-corrected chi connectivity index (χ0v) is 9.60. The Morgan fingerprint density at radius 1 is 1.39 bits per heavy atom. The molecule has 18 heavy (non-hydrogen) atoms. The van der Waals surface area contributed by atoms with Gasteiger partial charge in [0.1, 0.15) is 6.61 Å². The number of aliphatic hydroxyl groups excluding tert-OH is 1. The predicted octanol–water partition coefficient (Wildman–Crippen LogP) is 1.35. The van der Waals surface area contributed by atoms with Crippen molar-refractivity contribution < 1.29 is 18.8 Å². The zero-order valence-electron chi connectivity index (χ0n) is 9.60. The number of nitrogens with one attached hydrogen (secondary N) is 1. The van der Waals surface area contributed by atoms with Gasteiger partial charge in [0.25, 0.3) is 11.6 Å². The van der Waals surface area contributed by atoms with Gasteiger partial charge >= 0.3 is 0 Å². The van der Waals surface area contributed by atoms with Crippen molar-refractivity contribution in [3.05, 3.63) is 39.9 Å². The molecule has 0 fully saturated rings. The Balaban J connectivity index is 2.47. The Labute approximate surface area is 103 Å². The zero-order chi connectivity index (χ0) is 13.6. The third-order valence-electron chi connectivity index (χ3n) is 2.37. The van der Waals surface area contributed by atoms with Crippen LogP contribution in [0.3, 0.4) is 0 Å². The van der Waals surface area contributed by atoms with E-state index in [9.17, 15) is 18.9 Å². The van der Waals surface area contributed by atoms with Crippen LogP contribution in [0.2, 0.25) is 0 Å². The highest BCUT2D eigenvalue weighted by atomic mass is 19.3. The molecule has 0 heterocycles. The van der Waals surface area contributed by atoms with Gasteiger partial charge in [0.05, 0.1) is 11.5 Å². The molecule has 1 rings (SSSR count). The second-order valence-electron chi connectivity index (χ2n) is 3.83. The number of hydrogen-bond donors (Lipinski definition) is 2. The summed E-state index contributed by atoms with van der Waals surface area (Å²) in [5.74, 6) is -3.16. The van der Waals surface area contributed by atoms with Gasteiger partial charge in [-0.05, 0) is 13.0 Å². The van der Waals surface area contributed by atoms with Crippen LogP contribution in [0.1, 0.15) is 5.56 Å². The molecule has 0 radical (unpaired) electrons. The molecule has 0 aromatic heterocycles. The Hall–Kier alpha value is -1.60. The molecule has 1 aromatic rings. The summed E-state index contributed by atoms with van der Waals surface area (Å²) in [4.78, 5) is 10.2. The van der Waals surface area contributed by atoms with Gasteiger partial charge in [0.2, 0.25) is 0 Å². The summed E-state index contributed by atoms with van der Waals surface area (Å²) >= 11 is 0. The van der Waals surface area contributed by atoms with Crippen molar-refractivity contribution >= 4 is 5.69 Å². The summed E-state index contributed by atoms with van der Waals surface area (Å²) in [6, 6.07) is 6.17. The summed E-state index contributed by atoms with van der Waals surface area (Å²) in [6.07, 6.45) is 0.276. The molecule has 0 spiro atoms. The monoisotopic (exact) mass is 260 g/mol. The van der Waals surface area contributed by atoms with Gasteiger partial charge in [-0.25, -0.2) is 8.78 Å². The van der Waals surface area contributed by atoms with E-state index in [1.807, 2.05) is 0 Å². The quantitative estimate of drug-likeness (QED) is 0.441. The first-order chi connectivity index (χ1) is 8.46. The van der Waals surface area contributed by atoms with Crippen LogP contribution < -0.4 is 5.32 Å². The van der Waals surface area contributed by atoms with Crippen LogP contribution in [0, 0.1) is 10.1 Å². The SMILES string of the molecule is O=[N+]([O-])c1ccccc1CCNCC(F)(F)CO. The summed E-state index contributed by atoms with van der Waals surface area (Å²) < 4.78 is 25.3. The molecule has 2 N–H and O–H groups in total. The number of aliphatic hydroxyl groups is 1. The Bertz CT molecular complexity index is 413. The molecular formula is C11H14F2N2O3. The highest BCUT2D eigenvalue weighted by Gasteiger charge is 2.26. The van der Waals surface area contributed by atoms with Gasteiger partial charge < -0.3 is 10.4 Å². The third kappa shape index (κ3) is 4.34. The van der Waals surface area contributed by atoms with E-state index in [0.29, 0.717) is 5.56 Å². The van der Waals surface area contributed by atoms with Crippen LogP contribution >= 0.6 is 0 Å². The summed E-state index contributed by atoms with van der Waals surface area (Å²) in [5, 5.41) is 21.5. The normalized spacial score (nSPS) is 11.5. The van der Waals surface area contributed by atoms with Gasteiger partial charge in [-0.3, -0.25) is 10.1 Å². The Morgan fingerprint density at radius 3 is 2.67 bits per heavy atom. The number of nitro benzene ring substituents is 1. The minimum absolute atomic E-state index is 0.0202. The molecule has 100 valence electrons. The van der Waals surface area contributed by atoms with Crippen molar-refractivity contribution in [1.29, 1.82) is 0 Å². The van der Waals surface area contributed by atoms with E-state index >= 15 is 0 Å². The van der Waals surface area contributed by atoms with Gasteiger partial charge in [-0.1, -0.05) is 18.2 Å². The minimum Gasteiger partial charge on any atom is -0.390 e. The Morgan fingerprint density at radius 2 is 2.06 bits per heavy atom. The van der Waals surface area contributed by atoms with Crippen molar-refractivity contribution in [2.24, 2.45) is 0 Å².